The number of nitrogens with zero attached hydrogens (tertiary/aromatic N) is 2. The van der Waals surface area contributed by atoms with Gasteiger partial charge in [-0.25, -0.2) is 13.8 Å². The molecular weight excluding hydrogens is 502 g/mol. The van der Waals surface area contributed by atoms with Crippen molar-refractivity contribution >= 4 is 22.6 Å². The van der Waals surface area contributed by atoms with Crippen LogP contribution in [0, 0.1) is 17.6 Å². The number of hydrazine groups is 1. The number of carbonyl (C=O) groups is 2. The van der Waals surface area contributed by atoms with E-state index in [0.717, 1.165) is 12.8 Å². The number of aromatic nitrogens is 1. The second-order valence-electron chi connectivity index (χ2n) is 10.0. The molecule has 6 rings (SSSR count). The quantitative estimate of drug-likeness (QED) is 0.373. The van der Waals surface area contributed by atoms with Crippen molar-refractivity contribution in [1.29, 1.82) is 0 Å². The van der Waals surface area contributed by atoms with Crippen molar-refractivity contribution in [2.75, 3.05) is 6.54 Å². The number of benzene rings is 3. The van der Waals surface area contributed by atoms with Gasteiger partial charge in [0.05, 0.1) is 29.2 Å². The Morgan fingerprint density at radius 1 is 1.00 bits per heavy atom. The maximum absolute atomic E-state index is 15.2. The molecular formula is C30H26F2N4O3. The number of pyridine rings is 1. The van der Waals surface area contributed by atoms with Gasteiger partial charge in [0.25, 0.3) is 11.5 Å². The Bertz CT molecular complexity index is 1650. The van der Waals surface area contributed by atoms with E-state index in [-0.39, 0.29) is 41.1 Å². The van der Waals surface area contributed by atoms with Gasteiger partial charge in [0.1, 0.15) is 11.6 Å². The molecule has 198 valence electrons. The number of rotatable bonds is 7. The zero-order valence-electron chi connectivity index (χ0n) is 21.0. The summed E-state index contributed by atoms with van der Waals surface area (Å²) in [6, 6.07) is 18.6. The predicted octanol–water partition coefficient (Wildman–Crippen LogP) is 4.39. The van der Waals surface area contributed by atoms with E-state index in [1.54, 1.807) is 53.5 Å². The fourth-order valence-corrected chi connectivity index (χ4v) is 5.35. The van der Waals surface area contributed by atoms with Gasteiger partial charge >= 0.3 is 0 Å². The zero-order chi connectivity index (χ0) is 27.1. The molecule has 0 radical (unpaired) electrons. The van der Waals surface area contributed by atoms with Crippen LogP contribution in [0.4, 0.5) is 8.78 Å². The van der Waals surface area contributed by atoms with Gasteiger partial charge in [0.2, 0.25) is 5.91 Å². The van der Waals surface area contributed by atoms with E-state index in [2.05, 4.69) is 10.7 Å². The summed E-state index contributed by atoms with van der Waals surface area (Å²) in [5.41, 5.74) is 3.72. The first kappa shape index (κ1) is 24.9. The lowest BCUT2D eigenvalue weighted by atomic mass is 9.98. The highest BCUT2D eigenvalue weighted by atomic mass is 19.1. The Balaban J connectivity index is 1.56. The lowest BCUT2D eigenvalue weighted by Gasteiger charge is -2.25. The number of fused-ring (bicyclic) bond motifs is 1. The fourth-order valence-electron chi connectivity index (χ4n) is 5.35. The lowest BCUT2D eigenvalue weighted by molar-refractivity contribution is -0.121. The Morgan fingerprint density at radius 2 is 1.77 bits per heavy atom. The molecule has 0 unspecified atom stereocenters. The first-order chi connectivity index (χ1) is 18.9. The van der Waals surface area contributed by atoms with E-state index in [0.29, 0.717) is 23.5 Å². The van der Waals surface area contributed by atoms with Gasteiger partial charge in [0.15, 0.2) is 0 Å². The third-order valence-electron chi connectivity index (χ3n) is 7.32. The molecule has 2 N–H and O–H groups in total. The molecule has 2 amide bonds. The number of halogens is 2. The summed E-state index contributed by atoms with van der Waals surface area (Å²) in [7, 11) is 0. The van der Waals surface area contributed by atoms with Crippen LogP contribution in [0.25, 0.3) is 16.5 Å². The van der Waals surface area contributed by atoms with Crippen molar-refractivity contribution in [1.82, 2.24) is 20.3 Å². The highest BCUT2D eigenvalue weighted by molar-refractivity contribution is 6.08. The van der Waals surface area contributed by atoms with Crippen LogP contribution in [0.3, 0.4) is 0 Å². The second-order valence-corrected chi connectivity index (χ2v) is 10.0. The first-order valence-electron chi connectivity index (χ1n) is 12.9. The van der Waals surface area contributed by atoms with Gasteiger partial charge in [-0.1, -0.05) is 42.5 Å². The minimum absolute atomic E-state index is 0.0408. The third kappa shape index (κ3) is 4.81. The number of amides is 2. The van der Waals surface area contributed by atoms with Crippen LogP contribution in [0.2, 0.25) is 0 Å². The van der Waals surface area contributed by atoms with Crippen LogP contribution in [-0.2, 0) is 11.3 Å². The Hall–Kier alpha value is -4.37. The predicted molar refractivity (Wildman–Crippen MR) is 142 cm³/mol. The van der Waals surface area contributed by atoms with Crippen LogP contribution < -0.4 is 16.3 Å². The summed E-state index contributed by atoms with van der Waals surface area (Å²) in [5, 5.41) is 4.70. The molecule has 1 aromatic heterocycles. The molecule has 2 aliphatic rings. The van der Waals surface area contributed by atoms with Crippen molar-refractivity contribution in [2.45, 2.75) is 31.8 Å². The van der Waals surface area contributed by atoms with Crippen LogP contribution in [0.15, 0.2) is 77.6 Å². The number of carbonyl (C=O) groups excluding carboxylic acids is 2. The highest BCUT2D eigenvalue weighted by Crippen LogP contribution is 2.41. The van der Waals surface area contributed by atoms with Crippen LogP contribution >= 0.6 is 0 Å². The van der Waals surface area contributed by atoms with E-state index in [4.69, 9.17) is 0 Å². The Labute approximate surface area is 223 Å². The SMILES string of the molecule is O=C1CCN(Cc2c(C(=O)N[C@H](c3cccc(F)c3)C3CC3)c3cccc(F)c3c(=O)n2-c2ccccc2)N1. The van der Waals surface area contributed by atoms with Gasteiger partial charge in [-0.15, -0.1) is 0 Å². The van der Waals surface area contributed by atoms with Crippen molar-refractivity contribution in [3.05, 3.63) is 112 Å². The van der Waals surface area contributed by atoms with Gasteiger partial charge in [-0.05, 0) is 54.7 Å². The smallest absolute Gasteiger partial charge is 0.266 e. The maximum Gasteiger partial charge on any atom is 0.266 e. The van der Waals surface area contributed by atoms with Gasteiger partial charge < -0.3 is 5.32 Å². The molecule has 1 saturated carbocycles. The average Bonchev–Trinajstić information content (AvgIpc) is 3.68. The second kappa shape index (κ2) is 10.1. The topological polar surface area (TPSA) is 83.4 Å². The normalized spacial score (nSPS) is 16.3. The summed E-state index contributed by atoms with van der Waals surface area (Å²) in [6.07, 6.45) is 2.04. The molecule has 1 saturated heterocycles. The molecule has 4 aromatic rings. The molecule has 1 aliphatic heterocycles. The van der Waals surface area contributed by atoms with E-state index in [1.165, 1.54) is 28.8 Å². The minimum atomic E-state index is -0.735. The van der Waals surface area contributed by atoms with Crippen molar-refractivity contribution < 1.29 is 18.4 Å². The summed E-state index contributed by atoms with van der Waals surface area (Å²) in [5.74, 6) is -1.66. The summed E-state index contributed by atoms with van der Waals surface area (Å²) in [4.78, 5) is 40.0. The van der Waals surface area contributed by atoms with Gasteiger partial charge in [-0.3, -0.25) is 24.4 Å². The van der Waals surface area contributed by atoms with Crippen LogP contribution in [0.1, 0.15) is 46.9 Å². The highest BCUT2D eigenvalue weighted by Gasteiger charge is 2.35. The van der Waals surface area contributed by atoms with Crippen molar-refractivity contribution in [2.24, 2.45) is 5.92 Å². The Kier molecular flexibility index (Phi) is 6.44. The standard InChI is InChI=1S/C30H26F2N4O3/c31-20-7-4-6-19(16-20)28(18-12-13-18)33-29(38)27-22-10-5-11-23(32)26(22)30(39)36(21-8-2-1-3-9-21)24(27)17-35-15-14-25(37)34-35/h1-11,16,18,28H,12-15,17H2,(H,33,38)(H,34,37)/t28-/m0/s1. The molecule has 3 aromatic carbocycles. The number of hydrogen-bond donors (Lipinski definition) is 2. The molecule has 39 heavy (non-hydrogen) atoms. The number of hydrogen-bond acceptors (Lipinski definition) is 4. The fraction of sp³-hybridized carbons (Fsp3) is 0.233. The molecule has 0 spiro atoms. The zero-order valence-corrected chi connectivity index (χ0v) is 21.0. The summed E-state index contributed by atoms with van der Waals surface area (Å²) >= 11 is 0. The molecule has 2 fully saturated rings. The van der Waals surface area contributed by atoms with E-state index < -0.39 is 29.1 Å². The number of nitrogens with one attached hydrogen (secondary N) is 2. The summed E-state index contributed by atoms with van der Waals surface area (Å²) < 4.78 is 30.7. The number of para-hydroxylation sites is 1. The van der Waals surface area contributed by atoms with E-state index >= 15 is 4.39 Å². The van der Waals surface area contributed by atoms with Crippen molar-refractivity contribution in [3.8, 4) is 5.69 Å². The molecule has 1 atom stereocenters. The monoisotopic (exact) mass is 528 g/mol. The summed E-state index contributed by atoms with van der Waals surface area (Å²) in [6.45, 7) is 0.428. The maximum atomic E-state index is 15.2. The van der Waals surface area contributed by atoms with Crippen molar-refractivity contribution in [3.63, 3.8) is 0 Å². The molecule has 9 heteroatoms. The van der Waals surface area contributed by atoms with E-state index in [1.807, 2.05) is 0 Å². The lowest BCUT2D eigenvalue weighted by Crippen LogP contribution is -2.38. The average molecular weight is 529 g/mol. The van der Waals surface area contributed by atoms with Gasteiger partial charge in [0, 0.05) is 24.0 Å². The third-order valence-corrected chi connectivity index (χ3v) is 7.32. The van der Waals surface area contributed by atoms with E-state index in [9.17, 15) is 18.8 Å². The Morgan fingerprint density at radius 3 is 2.46 bits per heavy atom. The largest absolute Gasteiger partial charge is 0.345 e. The first-order valence-corrected chi connectivity index (χ1v) is 12.9. The molecule has 0 bridgehead atoms. The molecule has 1 aliphatic carbocycles. The molecule has 7 nitrogen and oxygen atoms in total. The van der Waals surface area contributed by atoms with Gasteiger partial charge in [-0.2, -0.15) is 0 Å². The van der Waals surface area contributed by atoms with Crippen LogP contribution in [-0.4, -0.2) is 27.9 Å². The van der Waals surface area contributed by atoms with Crippen LogP contribution in [0.5, 0.6) is 0 Å². The minimum Gasteiger partial charge on any atom is -0.345 e. The molecule has 2 heterocycles.